The van der Waals surface area contributed by atoms with Crippen LogP contribution in [0.15, 0.2) is 42.5 Å². The minimum Gasteiger partial charge on any atom is -0.491 e. The number of benzene rings is 2. The van der Waals surface area contributed by atoms with E-state index in [1.54, 1.807) is 0 Å². The SMILES string of the molecule is Cc1ccc(OCC(O)COc2cc(C)cc(C)c2)cc1. The molecule has 2 aromatic rings. The van der Waals surface area contributed by atoms with Crippen LogP contribution < -0.4 is 9.47 Å². The Labute approximate surface area is 126 Å². The summed E-state index contributed by atoms with van der Waals surface area (Å²) in [6.45, 7) is 6.51. The van der Waals surface area contributed by atoms with Gasteiger partial charge in [-0.15, -0.1) is 0 Å². The second-order valence-electron chi connectivity index (χ2n) is 5.41. The lowest BCUT2D eigenvalue weighted by molar-refractivity contribution is 0.0626. The Hall–Kier alpha value is -2.00. The van der Waals surface area contributed by atoms with Gasteiger partial charge < -0.3 is 14.6 Å². The molecule has 0 aliphatic heterocycles. The number of aliphatic hydroxyl groups is 1. The molecule has 112 valence electrons. The van der Waals surface area contributed by atoms with Gasteiger partial charge in [-0.05, 0) is 56.2 Å². The van der Waals surface area contributed by atoms with Crippen LogP contribution in [0.1, 0.15) is 16.7 Å². The molecule has 21 heavy (non-hydrogen) atoms. The minimum absolute atomic E-state index is 0.216. The van der Waals surface area contributed by atoms with Gasteiger partial charge in [-0.3, -0.25) is 0 Å². The molecule has 2 aromatic carbocycles. The molecule has 0 amide bonds. The summed E-state index contributed by atoms with van der Waals surface area (Å²) in [6, 6.07) is 13.8. The van der Waals surface area contributed by atoms with Crippen molar-refractivity contribution in [1.82, 2.24) is 0 Å². The van der Waals surface area contributed by atoms with Crippen molar-refractivity contribution in [3.05, 3.63) is 59.2 Å². The Morgan fingerprint density at radius 1 is 0.762 bits per heavy atom. The van der Waals surface area contributed by atoms with Crippen molar-refractivity contribution in [1.29, 1.82) is 0 Å². The second kappa shape index (κ2) is 7.14. The van der Waals surface area contributed by atoms with E-state index in [9.17, 15) is 5.11 Å². The number of rotatable bonds is 6. The largest absolute Gasteiger partial charge is 0.491 e. The lowest BCUT2D eigenvalue weighted by atomic mass is 10.1. The summed E-state index contributed by atoms with van der Waals surface area (Å²) in [5, 5.41) is 9.92. The fourth-order valence-corrected chi connectivity index (χ4v) is 2.08. The lowest BCUT2D eigenvalue weighted by Crippen LogP contribution is -2.25. The van der Waals surface area contributed by atoms with Crippen molar-refractivity contribution in [2.45, 2.75) is 26.9 Å². The molecule has 0 radical (unpaired) electrons. The van der Waals surface area contributed by atoms with E-state index in [1.807, 2.05) is 57.2 Å². The molecule has 0 bridgehead atoms. The summed E-state index contributed by atoms with van der Waals surface area (Å²) in [6.07, 6.45) is -0.660. The van der Waals surface area contributed by atoms with Gasteiger partial charge in [0.05, 0.1) is 0 Å². The first kappa shape index (κ1) is 15.4. The van der Waals surface area contributed by atoms with Crippen LogP contribution in [0.25, 0.3) is 0 Å². The van der Waals surface area contributed by atoms with Crippen LogP contribution in [0, 0.1) is 20.8 Å². The highest BCUT2D eigenvalue weighted by Crippen LogP contribution is 2.16. The van der Waals surface area contributed by atoms with E-state index in [2.05, 4.69) is 6.07 Å². The standard InChI is InChI=1S/C18H22O3/c1-13-4-6-17(7-5-13)20-11-16(19)12-21-18-9-14(2)8-15(3)10-18/h4-10,16,19H,11-12H2,1-3H3. The van der Waals surface area contributed by atoms with E-state index >= 15 is 0 Å². The third-order valence-electron chi connectivity index (χ3n) is 3.10. The van der Waals surface area contributed by atoms with Gasteiger partial charge in [-0.2, -0.15) is 0 Å². The molecule has 1 atom stereocenters. The van der Waals surface area contributed by atoms with E-state index < -0.39 is 6.10 Å². The number of ether oxygens (including phenoxy) is 2. The highest BCUT2D eigenvalue weighted by Gasteiger charge is 2.07. The van der Waals surface area contributed by atoms with Crippen LogP contribution in [0.4, 0.5) is 0 Å². The maximum absolute atomic E-state index is 9.92. The number of aliphatic hydroxyl groups excluding tert-OH is 1. The molecule has 0 saturated carbocycles. The number of hydrogen-bond acceptors (Lipinski definition) is 3. The van der Waals surface area contributed by atoms with Crippen LogP contribution in [0.2, 0.25) is 0 Å². The summed E-state index contributed by atoms with van der Waals surface area (Å²) in [4.78, 5) is 0. The van der Waals surface area contributed by atoms with Gasteiger partial charge in [0.25, 0.3) is 0 Å². The van der Waals surface area contributed by atoms with Crippen molar-refractivity contribution in [3.8, 4) is 11.5 Å². The second-order valence-corrected chi connectivity index (χ2v) is 5.41. The van der Waals surface area contributed by atoms with Crippen LogP contribution in [0.3, 0.4) is 0 Å². The van der Waals surface area contributed by atoms with Crippen LogP contribution in [-0.4, -0.2) is 24.4 Å². The van der Waals surface area contributed by atoms with Crippen molar-refractivity contribution >= 4 is 0 Å². The van der Waals surface area contributed by atoms with Crippen LogP contribution >= 0.6 is 0 Å². The summed E-state index contributed by atoms with van der Waals surface area (Å²) in [7, 11) is 0. The first-order chi connectivity index (χ1) is 10.0. The van der Waals surface area contributed by atoms with Gasteiger partial charge in [-0.25, -0.2) is 0 Å². The van der Waals surface area contributed by atoms with Gasteiger partial charge in [0.1, 0.15) is 30.8 Å². The third-order valence-corrected chi connectivity index (χ3v) is 3.10. The highest BCUT2D eigenvalue weighted by molar-refractivity contribution is 5.33. The molecule has 1 N–H and O–H groups in total. The fourth-order valence-electron chi connectivity index (χ4n) is 2.08. The maximum atomic E-state index is 9.92. The molecule has 3 nitrogen and oxygen atoms in total. The van der Waals surface area contributed by atoms with Crippen LogP contribution in [-0.2, 0) is 0 Å². The van der Waals surface area contributed by atoms with Gasteiger partial charge in [-0.1, -0.05) is 23.8 Å². The summed E-state index contributed by atoms with van der Waals surface area (Å²) in [5.74, 6) is 1.54. The molecule has 0 aliphatic carbocycles. The Morgan fingerprint density at radius 2 is 1.29 bits per heavy atom. The molecule has 0 aromatic heterocycles. The average Bonchev–Trinajstić information content (AvgIpc) is 2.43. The normalized spacial score (nSPS) is 12.0. The van der Waals surface area contributed by atoms with E-state index in [-0.39, 0.29) is 13.2 Å². The smallest absolute Gasteiger partial charge is 0.122 e. The molecule has 2 rings (SSSR count). The number of aryl methyl sites for hydroxylation is 3. The number of hydrogen-bond donors (Lipinski definition) is 1. The summed E-state index contributed by atoms with van der Waals surface area (Å²) < 4.78 is 11.1. The molecule has 0 aliphatic rings. The molecule has 0 spiro atoms. The fraction of sp³-hybridized carbons (Fsp3) is 0.333. The highest BCUT2D eigenvalue weighted by atomic mass is 16.5. The summed E-state index contributed by atoms with van der Waals surface area (Å²) >= 11 is 0. The van der Waals surface area contributed by atoms with E-state index in [0.717, 1.165) is 22.6 Å². The molecule has 1 unspecified atom stereocenters. The molecule has 0 heterocycles. The zero-order chi connectivity index (χ0) is 15.2. The molecular formula is C18H22O3. The van der Waals surface area contributed by atoms with Crippen molar-refractivity contribution in [3.63, 3.8) is 0 Å². The lowest BCUT2D eigenvalue weighted by Gasteiger charge is -2.14. The summed E-state index contributed by atoms with van der Waals surface area (Å²) in [5.41, 5.74) is 3.48. The first-order valence-electron chi connectivity index (χ1n) is 7.11. The Morgan fingerprint density at radius 3 is 1.86 bits per heavy atom. The van der Waals surface area contributed by atoms with Gasteiger partial charge in [0.15, 0.2) is 0 Å². The van der Waals surface area contributed by atoms with E-state index in [4.69, 9.17) is 9.47 Å². The first-order valence-corrected chi connectivity index (χ1v) is 7.11. The zero-order valence-electron chi connectivity index (χ0n) is 12.8. The Balaban J connectivity index is 1.79. The third kappa shape index (κ3) is 5.12. The topological polar surface area (TPSA) is 38.7 Å². The maximum Gasteiger partial charge on any atom is 0.122 e. The Bertz CT molecular complexity index is 555. The van der Waals surface area contributed by atoms with Crippen LogP contribution in [0.5, 0.6) is 11.5 Å². The van der Waals surface area contributed by atoms with Crippen molar-refractivity contribution < 1.29 is 14.6 Å². The van der Waals surface area contributed by atoms with Gasteiger partial charge in [0, 0.05) is 0 Å². The zero-order valence-corrected chi connectivity index (χ0v) is 12.8. The Kier molecular flexibility index (Phi) is 5.23. The van der Waals surface area contributed by atoms with Gasteiger partial charge >= 0.3 is 0 Å². The average molecular weight is 286 g/mol. The minimum atomic E-state index is -0.660. The van der Waals surface area contributed by atoms with Gasteiger partial charge in [0.2, 0.25) is 0 Å². The molecule has 0 saturated heterocycles. The van der Waals surface area contributed by atoms with E-state index in [1.165, 1.54) is 5.56 Å². The molecule has 3 heteroatoms. The van der Waals surface area contributed by atoms with Crippen molar-refractivity contribution in [2.75, 3.05) is 13.2 Å². The molecule has 0 fully saturated rings. The van der Waals surface area contributed by atoms with Crippen molar-refractivity contribution in [2.24, 2.45) is 0 Å². The van der Waals surface area contributed by atoms with E-state index in [0.29, 0.717) is 0 Å². The monoisotopic (exact) mass is 286 g/mol. The molecular weight excluding hydrogens is 264 g/mol. The quantitative estimate of drug-likeness (QED) is 0.884. The predicted molar refractivity (Wildman–Crippen MR) is 84.1 cm³/mol. The predicted octanol–water partition coefficient (Wildman–Crippen LogP) is 3.43.